The highest BCUT2D eigenvalue weighted by Crippen LogP contribution is 2.01. The van der Waals surface area contributed by atoms with Gasteiger partial charge in [0, 0.05) is 0 Å². The summed E-state index contributed by atoms with van der Waals surface area (Å²) in [7, 11) is -1.26. The molecule has 0 bridgehead atoms. The first-order valence-electron chi connectivity index (χ1n) is 4.57. The fourth-order valence-electron chi connectivity index (χ4n) is 0.272. The monoisotopic (exact) mass is 204 g/mol. The third-order valence-electron chi connectivity index (χ3n) is 0.558. The molecule has 0 spiro atoms. The number of rotatable bonds is 2. The first-order chi connectivity index (χ1) is 5.56. The third kappa shape index (κ3) is 49.7. The predicted octanol–water partition coefficient (Wildman–Crippen LogP) is 3.15. The van der Waals surface area contributed by atoms with Gasteiger partial charge in [-0.25, -0.2) is 0 Å². The van der Waals surface area contributed by atoms with Crippen LogP contribution in [0.3, 0.4) is 0 Å². The Labute approximate surface area is 83.8 Å². The Balaban J connectivity index is 0. The fraction of sp³-hybridized carbons (Fsp3) is 0.800. The van der Waals surface area contributed by atoms with Crippen molar-refractivity contribution in [3.63, 3.8) is 0 Å². The van der Waals surface area contributed by atoms with Gasteiger partial charge in [-0.1, -0.05) is 6.08 Å². The SMILES string of the molecule is C/C=C/O[Si](C)(C)C.CC(C)(C)O. The highest BCUT2D eigenvalue weighted by atomic mass is 28.4. The Morgan fingerprint density at radius 3 is 1.54 bits per heavy atom. The van der Waals surface area contributed by atoms with Crippen molar-refractivity contribution in [1.29, 1.82) is 0 Å². The molecule has 0 radical (unpaired) electrons. The fourth-order valence-corrected chi connectivity index (χ4v) is 0.816. The maximum atomic E-state index is 8.52. The van der Waals surface area contributed by atoms with Crippen LogP contribution in [0.1, 0.15) is 27.7 Å². The molecule has 3 heteroatoms. The summed E-state index contributed by atoms with van der Waals surface area (Å²) in [5.41, 5.74) is -0.500. The van der Waals surface area contributed by atoms with E-state index >= 15 is 0 Å². The Bertz CT molecular complexity index is 134. The molecule has 0 amide bonds. The zero-order valence-electron chi connectivity index (χ0n) is 10.0. The van der Waals surface area contributed by atoms with Crippen LogP contribution in [-0.4, -0.2) is 19.0 Å². The lowest BCUT2D eigenvalue weighted by molar-refractivity contribution is 0.102. The summed E-state index contributed by atoms with van der Waals surface area (Å²) in [6, 6.07) is 0. The van der Waals surface area contributed by atoms with E-state index in [0.717, 1.165) is 0 Å². The molecule has 80 valence electrons. The first-order valence-corrected chi connectivity index (χ1v) is 7.98. The van der Waals surface area contributed by atoms with E-state index in [2.05, 4.69) is 19.6 Å². The summed E-state index contributed by atoms with van der Waals surface area (Å²) in [5, 5.41) is 8.52. The molecule has 0 saturated heterocycles. The Hall–Kier alpha value is -0.283. The summed E-state index contributed by atoms with van der Waals surface area (Å²) in [5.74, 6) is 0. The maximum absolute atomic E-state index is 8.52. The Morgan fingerprint density at radius 1 is 1.15 bits per heavy atom. The molecule has 0 fully saturated rings. The van der Waals surface area contributed by atoms with E-state index in [4.69, 9.17) is 9.53 Å². The van der Waals surface area contributed by atoms with E-state index in [0.29, 0.717) is 0 Å². The van der Waals surface area contributed by atoms with Crippen molar-refractivity contribution < 1.29 is 9.53 Å². The van der Waals surface area contributed by atoms with Crippen molar-refractivity contribution >= 4 is 8.32 Å². The molecule has 0 aliphatic rings. The number of hydrogen-bond acceptors (Lipinski definition) is 2. The zero-order valence-corrected chi connectivity index (χ0v) is 11.0. The summed E-state index contributed by atoms with van der Waals surface area (Å²) in [6.07, 6.45) is 3.68. The summed E-state index contributed by atoms with van der Waals surface area (Å²) in [4.78, 5) is 0. The van der Waals surface area contributed by atoms with Gasteiger partial charge >= 0.3 is 0 Å². The molecular formula is C10H24O2Si. The van der Waals surface area contributed by atoms with E-state index in [9.17, 15) is 0 Å². The van der Waals surface area contributed by atoms with Crippen LogP contribution >= 0.6 is 0 Å². The van der Waals surface area contributed by atoms with E-state index in [-0.39, 0.29) is 0 Å². The van der Waals surface area contributed by atoms with Gasteiger partial charge in [0.1, 0.15) is 0 Å². The lowest BCUT2D eigenvalue weighted by Gasteiger charge is -2.13. The molecule has 0 aromatic rings. The van der Waals surface area contributed by atoms with E-state index < -0.39 is 13.9 Å². The molecule has 0 atom stereocenters. The topological polar surface area (TPSA) is 29.5 Å². The number of allylic oxidation sites excluding steroid dienone is 1. The summed E-state index contributed by atoms with van der Waals surface area (Å²) >= 11 is 0. The largest absolute Gasteiger partial charge is 0.550 e. The lowest BCUT2D eigenvalue weighted by atomic mass is 10.2. The van der Waals surface area contributed by atoms with Crippen molar-refractivity contribution in [2.75, 3.05) is 0 Å². The maximum Gasteiger partial charge on any atom is 0.241 e. The van der Waals surface area contributed by atoms with Crippen molar-refractivity contribution in [3.05, 3.63) is 12.3 Å². The van der Waals surface area contributed by atoms with Gasteiger partial charge in [-0.2, -0.15) is 0 Å². The highest BCUT2D eigenvalue weighted by Gasteiger charge is 2.12. The van der Waals surface area contributed by atoms with Crippen LogP contribution in [-0.2, 0) is 4.43 Å². The van der Waals surface area contributed by atoms with Crippen LogP contribution in [0.2, 0.25) is 19.6 Å². The number of hydrogen-bond donors (Lipinski definition) is 1. The molecule has 1 N–H and O–H groups in total. The first kappa shape index (κ1) is 15.2. The van der Waals surface area contributed by atoms with E-state index in [1.54, 1.807) is 27.0 Å². The standard InChI is InChI=1S/C6H14OSi.C4H10O/c1-5-6-7-8(2,3)4;1-4(2,3)5/h5-6H,1-4H3;5H,1-3H3/b6-5+;. The van der Waals surface area contributed by atoms with Gasteiger partial charge in [0.15, 0.2) is 0 Å². The van der Waals surface area contributed by atoms with Crippen molar-refractivity contribution in [3.8, 4) is 0 Å². The quantitative estimate of drug-likeness (QED) is 0.553. The second-order valence-corrected chi connectivity index (χ2v) is 9.33. The average Bonchev–Trinajstić information content (AvgIpc) is 1.77. The molecular weight excluding hydrogens is 180 g/mol. The van der Waals surface area contributed by atoms with Crippen LogP contribution in [0.5, 0.6) is 0 Å². The highest BCUT2D eigenvalue weighted by molar-refractivity contribution is 6.69. The molecule has 0 aromatic carbocycles. The van der Waals surface area contributed by atoms with Crippen molar-refractivity contribution in [1.82, 2.24) is 0 Å². The van der Waals surface area contributed by atoms with Gasteiger partial charge < -0.3 is 9.53 Å². The molecule has 0 saturated carbocycles. The molecule has 0 rings (SSSR count). The van der Waals surface area contributed by atoms with Crippen molar-refractivity contribution in [2.24, 2.45) is 0 Å². The van der Waals surface area contributed by atoms with Crippen LogP contribution in [0.25, 0.3) is 0 Å². The van der Waals surface area contributed by atoms with E-state index in [1.165, 1.54) is 0 Å². The summed E-state index contributed by atoms with van der Waals surface area (Å²) in [6.45, 7) is 13.7. The van der Waals surface area contributed by atoms with Crippen LogP contribution in [0.4, 0.5) is 0 Å². The summed E-state index contributed by atoms with van der Waals surface area (Å²) < 4.78 is 5.34. The van der Waals surface area contributed by atoms with Gasteiger partial charge in [0.25, 0.3) is 0 Å². The average molecular weight is 204 g/mol. The third-order valence-corrected chi connectivity index (χ3v) is 1.40. The van der Waals surface area contributed by atoms with Gasteiger partial charge in [-0.3, -0.25) is 0 Å². The number of aliphatic hydroxyl groups is 1. The van der Waals surface area contributed by atoms with Crippen LogP contribution < -0.4 is 0 Å². The molecule has 0 aliphatic carbocycles. The molecule has 0 heterocycles. The minimum absolute atomic E-state index is 0.500. The van der Waals surface area contributed by atoms with Gasteiger partial charge in [-0.15, -0.1) is 0 Å². The molecule has 0 unspecified atom stereocenters. The normalized spacial score (nSPS) is 12.3. The zero-order chi connectivity index (χ0) is 11.1. The molecule has 0 aromatic heterocycles. The lowest BCUT2D eigenvalue weighted by Crippen LogP contribution is -2.21. The van der Waals surface area contributed by atoms with Crippen LogP contribution in [0.15, 0.2) is 12.3 Å². The van der Waals surface area contributed by atoms with Gasteiger partial charge in [-0.05, 0) is 47.3 Å². The second-order valence-electron chi connectivity index (χ2n) is 4.87. The molecule has 0 aliphatic heterocycles. The van der Waals surface area contributed by atoms with Crippen molar-refractivity contribution in [2.45, 2.75) is 52.9 Å². The second kappa shape index (κ2) is 6.21. The van der Waals surface area contributed by atoms with Gasteiger partial charge in [0.2, 0.25) is 8.32 Å². The Morgan fingerprint density at radius 2 is 1.46 bits per heavy atom. The van der Waals surface area contributed by atoms with Gasteiger partial charge in [0.05, 0.1) is 11.9 Å². The smallest absolute Gasteiger partial charge is 0.241 e. The minimum Gasteiger partial charge on any atom is -0.550 e. The molecule has 2 nitrogen and oxygen atoms in total. The van der Waals surface area contributed by atoms with E-state index in [1.807, 2.05) is 13.0 Å². The minimum atomic E-state index is -1.26. The van der Waals surface area contributed by atoms with Crippen LogP contribution in [0, 0.1) is 0 Å². The predicted molar refractivity (Wildman–Crippen MR) is 61.2 cm³/mol. The Kier molecular flexibility index (Phi) is 7.27. The molecule has 13 heavy (non-hydrogen) atoms.